The predicted molar refractivity (Wildman–Crippen MR) is 181 cm³/mol. The fraction of sp³-hybridized carbons (Fsp3) is 1.00. The molecule has 0 radical (unpaired) electrons. The number of hydrogen-bond donors (Lipinski definition) is 2. The minimum Gasteiger partial charge on any atom is -1.00 e. The Morgan fingerprint density at radius 1 is 0.432 bits per heavy atom. The van der Waals surface area contributed by atoms with E-state index in [0.29, 0.717) is 39.5 Å². The number of likely N-dealkylation sites (N-methyl/N-ethyl adjacent to an activating group) is 2. The van der Waals surface area contributed by atoms with Gasteiger partial charge < -0.3 is 62.6 Å². The number of rotatable bonds is 33. The molecular weight excluding hydrogens is 684 g/mol. The Morgan fingerprint density at radius 3 is 0.955 bits per heavy atom. The highest BCUT2D eigenvalue weighted by molar-refractivity contribution is 4.56. The molecule has 44 heavy (non-hydrogen) atoms. The molecule has 2 atom stereocenters. The summed E-state index contributed by atoms with van der Waals surface area (Å²) in [5.74, 6) is 0. The van der Waals surface area contributed by atoms with Gasteiger partial charge in [0, 0.05) is 0 Å². The SMILES string of the molecule is CCCCCCCCCCCC[N+](C)(C)CC(O)COCCOCC(O)C[N+](C)(C)CCCCCCCCCCCC.[Br-].[Br-]. The van der Waals surface area contributed by atoms with Crippen LogP contribution in [0.2, 0.25) is 0 Å². The topological polar surface area (TPSA) is 58.9 Å². The van der Waals surface area contributed by atoms with Crippen molar-refractivity contribution in [2.45, 2.75) is 154 Å². The number of aliphatic hydroxyl groups is 2. The molecule has 0 aromatic carbocycles. The van der Waals surface area contributed by atoms with Crippen LogP contribution in [0.4, 0.5) is 0 Å². The van der Waals surface area contributed by atoms with Gasteiger partial charge in [-0.1, -0.05) is 117 Å². The number of unbranched alkanes of at least 4 members (excludes halogenated alkanes) is 18. The van der Waals surface area contributed by atoms with Gasteiger partial charge in [-0.2, -0.15) is 0 Å². The van der Waals surface area contributed by atoms with Crippen molar-refractivity contribution in [2.75, 3.05) is 80.8 Å². The maximum absolute atomic E-state index is 10.5. The lowest BCUT2D eigenvalue weighted by Gasteiger charge is -2.32. The van der Waals surface area contributed by atoms with Crippen molar-refractivity contribution < 1.29 is 62.6 Å². The number of halogens is 2. The van der Waals surface area contributed by atoms with E-state index in [4.69, 9.17) is 9.47 Å². The van der Waals surface area contributed by atoms with E-state index in [-0.39, 0.29) is 34.0 Å². The summed E-state index contributed by atoms with van der Waals surface area (Å²) in [7, 11) is 8.83. The maximum atomic E-state index is 10.5. The smallest absolute Gasteiger partial charge is 0.126 e. The molecule has 0 saturated carbocycles. The van der Waals surface area contributed by atoms with Crippen LogP contribution in [0, 0.1) is 0 Å². The molecule has 0 heterocycles. The largest absolute Gasteiger partial charge is 1.00 e. The van der Waals surface area contributed by atoms with Crippen LogP contribution in [0.3, 0.4) is 0 Å². The van der Waals surface area contributed by atoms with Gasteiger partial charge in [0.1, 0.15) is 25.3 Å². The van der Waals surface area contributed by atoms with E-state index in [9.17, 15) is 10.2 Å². The van der Waals surface area contributed by atoms with Crippen LogP contribution in [-0.2, 0) is 9.47 Å². The van der Waals surface area contributed by atoms with Gasteiger partial charge in [-0.15, -0.1) is 0 Å². The summed E-state index contributed by atoms with van der Waals surface area (Å²) in [5.41, 5.74) is 0. The molecule has 6 nitrogen and oxygen atoms in total. The van der Waals surface area contributed by atoms with Gasteiger partial charge >= 0.3 is 0 Å². The summed E-state index contributed by atoms with van der Waals surface area (Å²) in [6.07, 6.45) is 26.1. The van der Waals surface area contributed by atoms with Crippen molar-refractivity contribution in [2.24, 2.45) is 0 Å². The first-order valence-corrected chi connectivity index (χ1v) is 18.3. The second-order valence-electron chi connectivity index (χ2n) is 14.5. The van der Waals surface area contributed by atoms with E-state index in [1.165, 1.54) is 128 Å². The lowest BCUT2D eigenvalue weighted by atomic mass is 10.1. The molecule has 8 heteroatoms. The average molecular weight is 763 g/mol. The lowest BCUT2D eigenvalue weighted by Crippen LogP contribution is -3.00. The standard InChI is InChI=1S/C36H78N2O4.2BrH/c1-7-9-11-13-15-17-19-21-23-25-27-37(3,4)31-35(39)33-41-29-30-42-34-36(40)32-38(5,6)28-26-24-22-20-18-16-14-12-10-8-2;;/h35-36,39-40H,7-34H2,1-6H3;2*1H/q+2;;/p-2. The summed E-state index contributed by atoms with van der Waals surface area (Å²) in [5, 5.41) is 20.9. The second kappa shape index (κ2) is 33.6. The number of aliphatic hydroxyl groups excluding tert-OH is 2. The second-order valence-corrected chi connectivity index (χ2v) is 14.5. The molecule has 270 valence electrons. The molecule has 0 aromatic heterocycles. The Bertz CT molecular complexity index is 522. The number of quaternary nitrogens is 2. The Balaban J connectivity index is -0.00000840. The molecule has 0 amide bonds. The van der Waals surface area contributed by atoms with Crippen molar-refractivity contribution >= 4 is 0 Å². The Hall–Kier alpha value is 0.720. The minimum atomic E-state index is -0.461. The third-order valence-electron chi connectivity index (χ3n) is 8.64. The van der Waals surface area contributed by atoms with Crippen LogP contribution in [0.15, 0.2) is 0 Å². The summed E-state index contributed by atoms with van der Waals surface area (Å²) in [6, 6.07) is 0. The highest BCUT2D eigenvalue weighted by atomic mass is 79.9. The van der Waals surface area contributed by atoms with Gasteiger partial charge in [0.25, 0.3) is 0 Å². The van der Waals surface area contributed by atoms with Gasteiger partial charge in [-0.05, 0) is 25.7 Å². The maximum Gasteiger partial charge on any atom is 0.126 e. The van der Waals surface area contributed by atoms with Crippen LogP contribution in [0.5, 0.6) is 0 Å². The Labute approximate surface area is 296 Å². The first-order valence-electron chi connectivity index (χ1n) is 18.3. The molecule has 0 aliphatic rings. The monoisotopic (exact) mass is 760 g/mol. The highest BCUT2D eigenvalue weighted by Gasteiger charge is 2.21. The van der Waals surface area contributed by atoms with E-state index in [2.05, 4.69) is 42.0 Å². The summed E-state index contributed by atoms with van der Waals surface area (Å²) < 4.78 is 13.0. The third-order valence-corrected chi connectivity index (χ3v) is 8.64. The Kier molecular flexibility index (Phi) is 37.5. The molecule has 0 aliphatic heterocycles. The van der Waals surface area contributed by atoms with Crippen LogP contribution in [0.1, 0.15) is 142 Å². The summed E-state index contributed by atoms with van der Waals surface area (Å²) >= 11 is 0. The Morgan fingerprint density at radius 2 is 0.682 bits per heavy atom. The predicted octanol–water partition coefficient (Wildman–Crippen LogP) is 1.74. The van der Waals surface area contributed by atoms with E-state index >= 15 is 0 Å². The van der Waals surface area contributed by atoms with E-state index in [1.54, 1.807) is 0 Å². The zero-order valence-electron chi connectivity index (χ0n) is 30.3. The summed E-state index contributed by atoms with van der Waals surface area (Å²) in [4.78, 5) is 0. The molecule has 2 N–H and O–H groups in total. The summed E-state index contributed by atoms with van der Waals surface area (Å²) in [6.45, 7) is 9.76. The fourth-order valence-corrected chi connectivity index (χ4v) is 6.04. The van der Waals surface area contributed by atoms with Gasteiger partial charge in [-0.3, -0.25) is 0 Å². The zero-order valence-corrected chi connectivity index (χ0v) is 33.5. The first kappa shape index (κ1) is 49.1. The zero-order chi connectivity index (χ0) is 31.4. The molecule has 0 aromatic rings. The van der Waals surface area contributed by atoms with Crippen molar-refractivity contribution in [3.8, 4) is 0 Å². The third kappa shape index (κ3) is 35.6. The molecule has 0 spiro atoms. The quantitative estimate of drug-likeness (QED) is 0.0792. The average Bonchev–Trinajstić information content (AvgIpc) is 2.92. The lowest BCUT2D eigenvalue weighted by molar-refractivity contribution is -0.893. The molecule has 2 unspecified atom stereocenters. The van der Waals surface area contributed by atoms with Crippen molar-refractivity contribution in [3.63, 3.8) is 0 Å². The van der Waals surface area contributed by atoms with Gasteiger partial charge in [0.15, 0.2) is 0 Å². The van der Waals surface area contributed by atoms with Gasteiger partial charge in [0.2, 0.25) is 0 Å². The number of ether oxygens (including phenoxy) is 2. The van der Waals surface area contributed by atoms with Gasteiger partial charge in [0.05, 0.1) is 67.7 Å². The van der Waals surface area contributed by atoms with Crippen LogP contribution >= 0.6 is 0 Å². The van der Waals surface area contributed by atoms with Crippen molar-refractivity contribution in [1.29, 1.82) is 0 Å². The number of hydrogen-bond acceptors (Lipinski definition) is 4. The van der Waals surface area contributed by atoms with Crippen molar-refractivity contribution in [3.05, 3.63) is 0 Å². The molecule has 0 aliphatic carbocycles. The molecular formula is C36H78Br2N2O4. The molecule has 0 fully saturated rings. The molecule has 0 saturated heterocycles. The molecule has 0 rings (SSSR count). The first-order chi connectivity index (χ1) is 20.1. The van der Waals surface area contributed by atoms with E-state index in [1.807, 2.05) is 0 Å². The molecule has 0 bridgehead atoms. The number of nitrogens with zero attached hydrogens (tertiary/aromatic N) is 2. The van der Waals surface area contributed by atoms with Crippen LogP contribution < -0.4 is 34.0 Å². The normalized spacial score (nSPS) is 13.4. The minimum absolute atomic E-state index is 0. The van der Waals surface area contributed by atoms with E-state index < -0.39 is 12.2 Å². The fourth-order valence-electron chi connectivity index (χ4n) is 6.04. The highest BCUT2D eigenvalue weighted by Crippen LogP contribution is 2.13. The van der Waals surface area contributed by atoms with Crippen LogP contribution in [0.25, 0.3) is 0 Å². The van der Waals surface area contributed by atoms with Gasteiger partial charge in [-0.25, -0.2) is 0 Å². The van der Waals surface area contributed by atoms with E-state index in [0.717, 1.165) is 22.1 Å². The van der Waals surface area contributed by atoms with Crippen LogP contribution in [-0.4, -0.2) is 112 Å². The van der Waals surface area contributed by atoms with Crippen molar-refractivity contribution in [1.82, 2.24) is 0 Å².